The maximum Gasteiger partial charge on any atom is 0.261 e. The van der Waals surface area contributed by atoms with E-state index in [1.165, 1.54) is 12.3 Å². The Hall–Kier alpha value is -1.05. The second-order valence-corrected chi connectivity index (χ2v) is 5.57. The molecule has 1 atom stereocenters. The number of sulfonamides is 1. The summed E-state index contributed by atoms with van der Waals surface area (Å²) >= 11 is 0. The highest BCUT2D eigenvalue weighted by Gasteiger charge is 2.25. The fraction of sp³-hybridized carbons (Fsp3) is 0.500. The summed E-state index contributed by atoms with van der Waals surface area (Å²) in [6, 6.07) is 1.66. The Labute approximate surface area is 99.7 Å². The van der Waals surface area contributed by atoms with Crippen molar-refractivity contribution in [1.29, 1.82) is 0 Å². The molecule has 1 rings (SSSR count). The van der Waals surface area contributed by atoms with Gasteiger partial charge in [-0.3, -0.25) is 0 Å². The zero-order valence-corrected chi connectivity index (χ0v) is 10.4. The normalized spacial score (nSPS) is 13.9. The highest BCUT2D eigenvalue weighted by molar-refractivity contribution is 7.89. The molecule has 0 aliphatic heterocycles. The van der Waals surface area contributed by atoms with E-state index < -0.39 is 26.9 Å². The summed E-state index contributed by atoms with van der Waals surface area (Å²) in [6.45, 7) is 3.14. The quantitative estimate of drug-likeness (QED) is 0.810. The smallest absolute Gasteiger partial charge is 0.261 e. The van der Waals surface area contributed by atoms with Crippen molar-refractivity contribution in [2.45, 2.75) is 24.9 Å². The summed E-state index contributed by atoms with van der Waals surface area (Å²) in [4.78, 5) is 3.49. The molecule has 0 spiro atoms. The third-order valence-corrected chi connectivity index (χ3v) is 3.71. The van der Waals surface area contributed by atoms with Crippen molar-refractivity contribution in [2.75, 3.05) is 6.61 Å². The first-order valence-corrected chi connectivity index (χ1v) is 6.60. The van der Waals surface area contributed by atoms with Crippen LogP contribution in [0.15, 0.2) is 23.4 Å². The highest BCUT2D eigenvalue weighted by Crippen LogP contribution is 2.12. The molecule has 0 fully saturated rings. The number of aliphatic hydroxyl groups excluding tert-OH is 1. The van der Waals surface area contributed by atoms with Crippen LogP contribution in [0.3, 0.4) is 0 Å². The lowest BCUT2D eigenvalue weighted by molar-refractivity contribution is 0.227. The number of nitrogens with zero attached hydrogens (tertiary/aromatic N) is 1. The van der Waals surface area contributed by atoms with E-state index in [1.54, 1.807) is 13.8 Å². The Morgan fingerprint density at radius 3 is 2.65 bits per heavy atom. The van der Waals surface area contributed by atoms with E-state index in [0.29, 0.717) is 0 Å². The first kappa shape index (κ1) is 14.0. The van der Waals surface area contributed by atoms with Gasteiger partial charge in [0.2, 0.25) is 5.03 Å². The van der Waals surface area contributed by atoms with Crippen LogP contribution < -0.4 is 4.72 Å². The van der Waals surface area contributed by atoms with Crippen molar-refractivity contribution >= 4 is 10.0 Å². The Bertz CT molecular complexity index is 476. The first-order chi connectivity index (χ1) is 7.88. The molecule has 0 saturated carbocycles. The molecule has 1 heterocycles. The van der Waals surface area contributed by atoms with E-state index in [4.69, 9.17) is 5.11 Å². The number of pyridine rings is 1. The highest BCUT2D eigenvalue weighted by atomic mass is 32.2. The summed E-state index contributed by atoms with van der Waals surface area (Å²) in [5.74, 6) is -1.03. The topological polar surface area (TPSA) is 79.3 Å². The summed E-state index contributed by atoms with van der Waals surface area (Å²) in [5, 5.41) is 8.38. The molecule has 0 radical (unpaired) electrons. The van der Waals surface area contributed by atoms with Crippen LogP contribution in [0.4, 0.5) is 4.39 Å². The van der Waals surface area contributed by atoms with Gasteiger partial charge in [0.15, 0.2) is 5.82 Å². The monoisotopic (exact) mass is 262 g/mol. The van der Waals surface area contributed by atoms with Gasteiger partial charge in [0, 0.05) is 12.2 Å². The molecule has 96 valence electrons. The van der Waals surface area contributed by atoms with Crippen LogP contribution in [-0.4, -0.2) is 31.2 Å². The number of rotatable bonds is 5. The maximum absolute atomic E-state index is 13.3. The van der Waals surface area contributed by atoms with E-state index >= 15 is 0 Å². The molecular weight excluding hydrogens is 247 g/mol. The molecule has 1 aromatic rings. The molecule has 0 bridgehead atoms. The number of aromatic nitrogens is 1. The average Bonchev–Trinajstić information content (AvgIpc) is 2.26. The minimum Gasteiger partial charge on any atom is -0.395 e. The van der Waals surface area contributed by atoms with Crippen molar-refractivity contribution < 1.29 is 17.9 Å². The van der Waals surface area contributed by atoms with Crippen LogP contribution in [0.5, 0.6) is 0 Å². The van der Waals surface area contributed by atoms with Gasteiger partial charge in [0.1, 0.15) is 0 Å². The summed E-state index contributed by atoms with van der Waals surface area (Å²) in [5.41, 5.74) is 0. The van der Waals surface area contributed by atoms with Crippen LogP contribution in [0.1, 0.15) is 13.8 Å². The SMILES string of the molecule is CC(C)C(CO)NS(=O)(=O)c1ncccc1F. The molecule has 5 nitrogen and oxygen atoms in total. The van der Waals surface area contributed by atoms with Gasteiger partial charge in [-0.2, -0.15) is 0 Å². The Morgan fingerprint density at radius 1 is 1.53 bits per heavy atom. The van der Waals surface area contributed by atoms with Crippen molar-refractivity contribution in [3.05, 3.63) is 24.1 Å². The minimum atomic E-state index is -4.04. The van der Waals surface area contributed by atoms with Crippen LogP contribution in [0.2, 0.25) is 0 Å². The van der Waals surface area contributed by atoms with Gasteiger partial charge in [-0.1, -0.05) is 13.8 Å². The van der Waals surface area contributed by atoms with Gasteiger partial charge in [-0.25, -0.2) is 22.5 Å². The lowest BCUT2D eigenvalue weighted by atomic mass is 10.1. The standard InChI is InChI=1S/C10H15FN2O3S/c1-7(2)9(6-14)13-17(15,16)10-8(11)4-3-5-12-10/h3-5,7,9,13-14H,6H2,1-2H3. The molecule has 0 aliphatic carbocycles. The van der Waals surface area contributed by atoms with Crippen molar-refractivity contribution in [3.63, 3.8) is 0 Å². The maximum atomic E-state index is 13.3. The van der Waals surface area contributed by atoms with Gasteiger partial charge in [-0.15, -0.1) is 0 Å². The van der Waals surface area contributed by atoms with Gasteiger partial charge < -0.3 is 5.11 Å². The Morgan fingerprint density at radius 2 is 2.18 bits per heavy atom. The number of nitrogens with one attached hydrogen (secondary N) is 1. The van der Waals surface area contributed by atoms with E-state index in [0.717, 1.165) is 6.07 Å². The third-order valence-electron chi connectivity index (χ3n) is 2.29. The summed E-state index contributed by atoms with van der Waals surface area (Å²) in [6.07, 6.45) is 1.20. The lowest BCUT2D eigenvalue weighted by Crippen LogP contribution is -2.41. The van der Waals surface area contributed by atoms with Crippen LogP contribution >= 0.6 is 0 Å². The fourth-order valence-electron chi connectivity index (χ4n) is 1.21. The zero-order chi connectivity index (χ0) is 13.1. The molecule has 0 aliphatic rings. The van der Waals surface area contributed by atoms with E-state index in [-0.39, 0.29) is 12.5 Å². The number of aliphatic hydroxyl groups is 1. The fourth-order valence-corrected chi connectivity index (χ4v) is 2.59. The van der Waals surface area contributed by atoms with Crippen molar-refractivity contribution in [3.8, 4) is 0 Å². The number of hydrogen-bond acceptors (Lipinski definition) is 4. The lowest BCUT2D eigenvalue weighted by Gasteiger charge is -2.19. The second-order valence-electron chi connectivity index (χ2n) is 3.94. The Kier molecular flexibility index (Phi) is 4.55. The molecule has 17 heavy (non-hydrogen) atoms. The van der Waals surface area contributed by atoms with Crippen molar-refractivity contribution in [2.24, 2.45) is 5.92 Å². The molecule has 1 aromatic heterocycles. The largest absolute Gasteiger partial charge is 0.395 e. The van der Waals surface area contributed by atoms with E-state index in [9.17, 15) is 12.8 Å². The predicted octanol–water partition coefficient (Wildman–Crippen LogP) is 0.516. The minimum absolute atomic E-state index is 0.110. The molecule has 2 N–H and O–H groups in total. The van der Waals surface area contributed by atoms with Gasteiger partial charge in [0.05, 0.1) is 6.61 Å². The molecule has 7 heteroatoms. The van der Waals surface area contributed by atoms with Crippen LogP contribution in [-0.2, 0) is 10.0 Å². The Balaban J connectivity index is 3.01. The molecule has 0 amide bonds. The number of halogens is 1. The molecule has 0 aromatic carbocycles. The van der Waals surface area contributed by atoms with Gasteiger partial charge >= 0.3 is 0 Å². The second kappa shape index (κ2) is 5.52. The number of hydrogen-bond donors (Lipinski definition) is 2. The summed E-state index contributed by atoms with van der Waals surface area (Å²) < 4.78 is 39.1. The van der Waals surface area contributed by atoms with E-state index in [2.05, 4.69) is 9.71 Å². The molecular formula is C10H15FN2O3S. The zero-order valence-electron chi connectivity index (χ0n) is 9.59. The van der Waals surface area contributed by atoms with Gasteiger partial charge in [0.25, 0.3) is 10.0 Å². The third kappa shape index (κ3) is 3.45. The predicted molar refractivity (Wildman–Crippen MR) is 60.2 cm³/mol. The first-order valence-electron chi connectivity index (χ1n) is 5.12. The molecule has 0 saturated heterocycles. The van der Waals surface area contributed by atoms with Crippen LogP contribution in [0, 0.1) is 11.7 Å². The summed E-state index contributed by atoms with van der Waals surface area (Å²) in [7, 11) is -4.04. The van der Waals surface area contributed by atoms with Crippen molar-refractivity contribution in [1.82, 2.24) is 9.71 Å². The van der Waals surface area contributed by atoms with Gasteiger partial charge in [-0.05, 0) is 18.1 Å². The molecule has 1 unspecified atom stereocenters. The van der Waals surface area contributed by atoms with E-state index in [1.807, 2.05) is 0 Å². The van der Waals surface area contributed by atoms with Crippen LogP contribution in [0.25, 0.3) is 0 Å². The average molecular weight is 262 g/mol.